The zero-order valence-electron chi connectivity index (χ0n) is 10.1. The van der Waals surface area contributed by atoms with E-state index in [1.165, 1.54) is 18.3 Å². The Morgan fingerprint density at radius 3 is 2.20 bits per heavy atom. The maximum absolute atomic E-state index is 13.8. The summed E-state index contributed by atoms with van der Waals surface area (Å²) in [5, 5.41) is 0.0279. The monoisotopic (exact) mass is 275 g/mol. The molecule has 5 heteroatoms. The number of benzene rings is 2. The summed E-state index contributed by atoms with van der Waals surface area (Å²) in [5.74, 6) is -3.46. The van der Waals surface area contributed by atoms with Crippen molar-refractivity contribution in [1.29, 1.82) is 0 Å². The van der Waals surface area contributed by atoms with Gasteiger partial charge in [0.15, 0.2) is 0 Å². The number of hydrogen-bond donors (Lipinski definition) is 1. The van der Waals surface area contributed by atoms with E-state index in [4.69, 9.17) is 0 Å². The topological polar surface area (TPSA) is 32.9 Å². The van der Waals surface area contributed by atoms with Gasteiger partial charge in [0, 0.05) is 17.1 Å². The van der Waals surface area contributed by atoms with Crippen molar-refractivity contribution in [2.24, 2.45) is 0 Å². The van der Waals surface area contributed by atoms with Gasteiger partial charge in [-0.3, -0.25) is 4.79 Å². The largest absolute Gasteiger partial charge is 0.360 e. The molecule has 0 saturated heterocycles. The van der Waals surface area contributed by atoms with E-state index in [-0.39, 0.29) is 10.9 Å². The number of H-pyrrole nitrogens is 1. The fraction of sp³-hybridized carbons (Fsp3) is 0. The van der Waals surface area contributed by atoms with Crippen molar-refractivity contribution >= 4 is 16.7 Å². The van der Waals surface area contributed by atoms with Crippen LogP contribution in [0.2, 0.25) is 0 Å². The van der Waals surface area contributed by atoms with Crippen molar-refractivity contribution in [3.63, 3.8) is 0 Å². The molecule has 3 rings (SSSR count). The summed E-state index contributed by atoms with van der Waals surface area (Å²) in [4.78, 5) is 15.0. The number of aromatic nitrogens is 1. The third-order valence-electron chi connectivity index (χ3n) is 3.09. The molecule has 0 atom stereocenters. The van der Waals surface area contributed by atoms with Crippen LogP contribution >= 0.6 is 0 Å². The predicted octanol–water partition coefficient (Wildman–Crippen LogP) is 3.82. The van der Waals surface area contributed by atoms with Gasteiger partial charge in [0.2, 0.25) is 5.78 Å². The number of rotatable bonds is 2. The Balaban J connectivity index is 2.24. The lowest BCUT2D eigenvalue weighted by Crippen LogP contribution is -2.07. The van der Waals surface area contributed by atoms with E-state index in [2.05, 4.69) is 4.98 Å². The standard InChI is InChI=1S/C15H8F3NO/c16-9-5-2-6-12-13(9)8(7-19-12)15(20)14-10(17)3-1-4-11(14)18/h1-7,19H. The first-order chi connectivity index (χ1) is 9.59. The second-order valence-corrected chi connectivity index (χ2v) is 4.29. The molecule has 0 spiro atoms. The molecule has 20 heavy (non-hydrogen) atoms. The molecule has 1 heterocycles. The fourth-order valence-corrected chi connectivity index (χ4v) is 2.17. The van der Waals surface area contributed by atoms with Gasteiger partial charge in [-0.15, -0.1) is 0 Å². The zero-order chi connectivity index (χ0) is 14.3. The van der Waals surface area contributed by atoms with Crippen LogP contribution in [0.25, 0.3) is 10.9 Å². The molecular weight excluding hydrogens is 267 g/mol. The van der Waals surface area contributed by atoms with Gasteiger partial charge in [-0.1, -0.05) is 12.1 Å². The number of ketones is 1. The van der Waals surface area contributed by atoms with Gasteiger partial charge in [-0.05, 0) is 24.3 Å². The number of carbonyl (C=O) groups excluding carboxylic acids is 1. The Bertz CT molecular complexity index is 803. The zero-order valence-corrected chi connectivity index (χ0v) is 10.1. The predicted molar refractivity (Wildman–Crippen MR) is 68.0 cm³/mol. The third kappa shape index (κ3) is 1.79. The maximum atomic E-state index is 13.8. The molecule has 1 N–H and O–H groups in total. The van der Waals surface area contributed by atoms with Crippen LogP contribution in [0.3, 0.4) is 0 Å². The van der Waals surface area contributed by atoms with E-state index in [9.17, 15) is 18.0 Å². The molecule has 0 aliphatic carbocycles. The van der Waals surface area contributed by atoms with Crippen molar-refractivity contribution in [2.45, 2.75) is 0 Å². The SMILES string of the molecule is O=C(c1c(F)cccc1F)c1c[nH]c2cccc(F)c12. The normalized spacial score (nSPS) is 10.9. The molecule has 2 nitrogen and oxygen atoms in total. The lowest BCUT2D eigenvalue weighted by molar-refractivity contribution is 0.103. The Kier molecular flexibility index (Phi) is 2.82. The van der Waals surface area contributed by atoms with Gasteiger partial charge in [0.25, 0.3) is 0 Å². The highest BCUT2D eigenvalue weighted by Gasteiger charge is 2.22. The van der Waals surface area contributed by atoms with Gasteiger partial charge in [-0.25, -0.2) is 13.2 Å². The first-order valence-electron chi connectivity index (χ1n) is 5.84. The van der Waals surface area contributed by atoms with E-state index in [1.54, 1.807) is 6.07 Å². The van der Waals surface area contributed by atoms with E-state index in [1.807, 2.05) is 0 Å². The molecule has 0 fully saturated rings. The Morgan fingerprint density at radius 2 is 1.50 bits per heavy atom. The molecule has 0 unspecified atom stereocenters. The van der Waals surface area contributed by atoms with Crippen LogP contribution in [-0.4, -0.2) is 10.8 Å². The third-order valence-corrected chi connectivity index (χ3v) is 3.09. The summed E-state index contributed by atoms with van der Waals surface area (Å²) in [6.45, 7) is 0. The highest BCUT2D eigenvalue weighted by Crippen LogP contribution is 2.25. The van der Waals surface area contributed by atoms with Crippen molar-refractivity contribution < 1.29 is 18.0 Å². The van der Waals surface area contributed by atoms with Gasteiger partial charge < -0.3 is 4.98 Å². The van der Waals surface area contributed by atoms with Crippen LogP contribution in [0.5, 0.6) is 0 Å². The lowest BCUT2D eigenvalue weighted by Gasteiger charge is -2.03. The van der Waals surface area contributed by atoms with Crippen LogP contribution < -0.4 is 0 Å². The Labute approximate surface area is 111 Å². The van der Waals surface area contributed by atoms with Crippen molar-refractivity contribution in [1.82, 2.24) is 4.98 Å². The highest BCUT2D eigenvalue weighted by molar-refractivity contribution is 6.16. The Morgan fingerprint density at radius 1 is 0.900 bits per heavy atom. The molecular formula is C15H8F3NO. The lowest BCUT2D eigenvalue weighted by atomic mass is 10.0. The maximum Gasteiger partial charge on any atom is 0.201 e. The van der Waals surface area contributed by atoms with E-state index in [0.717, 1.165) is 18.2 Å². The number of nitrogens with one attached hydrogen (secondary N) is 1. The van der Waals surface area contributed by atoms with Gasteiger partial charge in [0.1, 0.15) is 17.5 Å². The van der Waals surface area contributed by atoms with Crippen molar-refractivity contribution in [2.75, 3.05) is 0 Å². The number of halogens is 3. The highest BCUT2D eigenvalue weighted by atomic mass is 19.1. The second-order valence-electron chi connectivity index (χ2n) is 4.29. The first-order valence-corrected chi connectivity index (χ1v) is 5.84. The fourth-order valence-electron chi connectivity index (χ4n) is 2.17. The molecule has 0 aliphatic rings. The smallest absolute Gasteiger partial charge is 0.201 e. The van der Waals surface area contributed by atoms with E-state index < -0.39 is 28.8 Å². The summed E-state index contributed by atoms with van der Waals surface area (Å²) in [6.07, 6.45) is 1.25. The number of carbonyl (C=O) groups is 1. The number of aromatic amines is 1. The van der Waals surface area contributed by atoms with Gasteiger partial charge >= 0.3 is 0 Å². The molecule has 0 bridgehead atoms. The van der Waals surface area contributed by atoms with Crippen LogP contribution in [0.15, 0.2) is 42.6 Å². The number of hydrogen-bond acceptors (Lipinski definition) is 1. The Hall–Kier alpha value is -2.56. The quantitative estimate of drug-likeness (QED) is 0.709. The minimum Gasteiger partial charge on any atom is -0.360 e. The van der Waals surface area contributed by atoms with Crippen LogP contribution in [0, 0.1) is 17.5 Å². The van der Waals surface area contributed by atoms with Crippen LogP contribution in [0.4, 0.5) is 13.2 Å². The minimum absolute atomic E-state index is 0.0279. The average molecular weight is 275 g/mol. The summed E-state index contributed by atoms with van der Waals surface area (Å²) >= 11 is 0. The molecule has 0 saturated carbocycles. The minimum atomic E-state index is -0.972. The van der Waals surface area contributed by atoms with E-state index in [0.29, 0.717) is 5.52 Å². The molecule has 0 radical (unpaired) electrons. The summed E-state index contributed by atoms with van der Waals surface area (Å²) < 4.78 is 41.1. The average Bonchev–Trinajstić information content (AvgIpc) is 2.83. The van der Waals surface area contributed by atoms with Crippen LogP contribution in [-0.2, 0) is 0 Å². The molecule has 3 aromatic rings. The second kappa shape index (κ2) is 4.52. The molecule has 2 aromatic carbocycles. The summed E-state index contributed by atoms with van der Waals surface area (Å²) in [7, 11) is 0. The van der Waals surface area contributed by atoms with Crippen LogP contribution in [0.1, 0.15) is 15.9 Å². The first kappa shape index (κ1) is 12.5. The molecule has 1 aromatic heterocycles. The van der Waals surface area contributed by atoms with E-state index >= 15 is 0 Å². The number of fused-ring (bicyclic) bond motifs is 1. The van der Waals surface area contributed by atoms with Gasteiger partial charge in [-0.2, -0.15) is 0 Å². The molecule has 0 amide bonds. The van der Waals surface area contributed by atoms with Gasteiger partial charge in [0.05, 0.1) is 11.1 Å². The van der Waals surface area contributed by atoms with Crippen molar-refractivity contribution in [3.8, 4) is 0 Å². The summed E-state index contributed by atoms with van der Waals surface area (Å²) in [5.41, 5.74) is -0.385. The molecule has 0 aliphatic heterocycles. The van der Waals surface area contributed by atoms with Crippen molar-refractivity contribution in [3.05, 3.63) is 71.2 Å². The molecule has 100 valence electrons. The summed E-state index contributed by atoms with van der Waals surface area (Å²) in [6, 6.07) is 7.38.